The van der Waals surface area contributed by atoms with E-state index in [1.54, 1.807) is 13.8 Å². The zero-order valence-electron chi connectivity index (χ0n) is 11.1. The quantitative estimate of drug-likeness (QED) is 0.687. The summed E-state index contributed by atoms with van der Waals surface area (Å²) in [5.41, 5.74) is 7.03. The average Bonchev–Trinajstić information content (AvgIpc) is 2.36. The molecule has 19 heavy (non-hydrogen) atoms. The van der Waals surface area contributed by atoms with Crippen molar-refractivity contribution in [1.29, 1.82) is 0 Å². The number of nitrogens with one attached hydrogen (secondary N) is 2. The summed E-state index contributed by atoms with van der Waals surface area (Å²) in [5.74, 6) is 5.68. The van der Waals surface area contributed by atoms with Crippen molar-refractivity contribution in [3.05, 3.63) is 35.4 Å². The standard InChI is InChI=1S/C13H19N3O2S/c1-3-15-19(17,18)16-11(2)13-8-6-12(7-9-13)5-4-10-14/h6-9,11,15-16H,3,10,14H2,1-2H3. The number of nitrogens with two attached hydrogens (primary N) is 1. The van der Waals surface area contributed by atoms with Gasteiger partial charge in [0.15, 0.2) is 0 Å². The molecule has 1 unspecified atom stereocenters. The molecule has 104 valence electrons. The lowest BCUT2D eigenvalue weighted by atomic mass is 10.1. The molecule has 0 bridgehead atoms. The van der Waals surface area contributed by atoms with Gasteiger partial charge in [-0.15, -0.1) is 0 Å². The second-order valence-electron chi connectivity index (χ2n) is 3.97. The molecule has 0 saturated carbocycles. The molecule has 0 fully saturated rings. The van der Waals surface area contributed by atoms with Crippen LogP contribution < -0.4 is 15.2 Å². The van der Waals surface area contributed by atoms with Gasteiger partial charge in [-0.1, -0.05) is 30.9 Å². The molecule has 0 aromatic heterocycles. The summed E-state index contributed by atoms with van der Waals surface area (Å²) in [6, 6.07) is 7.08. The second-order valence-corrected chi connectivity index (χ2v) is 5.50. The Hall–Kier alpha value is -1.39. The lowest BCUT2D eigenvalue weighted by molar-refractivity contribution is 0.554. The van der Waals surface area contributed by atoms with Crippen LogP contribution in [0.3, 0.4) is 0 Å². The maximum absolute atomic E-state index is 11.6. The van der Waals surface area contributed by atoms with Gasteiger partial charge in [-0.3, -0.25) is 0 Å². The van der Waals surface area contributed by atoms with E-state index in [2.05, 4.69) is 21.3 Å². The lowest BCUT2D eigenvalue weighted by Crippen LogP contribution is -2.37. The molecular formula is C13H19N3O2S. The zero-order valence-corrected chi connectivity index (χ0v) is 11.9. The molecule has 0 spiro atoms. The predicted molar refractivity (Wildman–Crippen MR) is 76.5 cm³/mol. The highest BCUT2D eigenvalue weighted by Gasteiger charge is 2.13. The molecule has 4 N–H and O–H groups in total. The van der Waals surface area contributed by atoms with Crippen LogP contribution in [0.15, 0.2) is 24.3 Å². The van der Waals surface area contributed by atoms with Gasteiger partial charge in [-0.25, -0.2) is 4.72 Å². The van der Waals surface area contributed by atoms with Gasteiger partial charge in [0.05, 0.1) is 6.54 Å². The third-order valence-electron chi connectivity index (χ3n) is 2.41. The van der Waals surface area contributed by atoms with Crippen LogP contribution in [-0.4, -0.2) is 21.5 Å². The summed E-state index contributed by atoms with van der Waals surface area (Å²) in [7, 11) is -3.45. The molecule has 5 nitrogen and oxygen atoms in total. The van der Waals surface area contributed by atoms with Crippen LogP contribution in [0, 0.1) is 11.8 Å². The van der Waals surface area contributed by atoms with Gasteiger partial charge in [-0.2, -0.15) is 13.1 Å². The first-order chi connectivity index (χ1) is 8.98. The van der Waals surface area contributed by atoms with Gasteiger partial charge in [0, 0.05) is 18.2 Å². The first-order valence-corrected chi connectivity index (χ1v) is 7.52. The van der Waals surface area contributed by atoms with Crippen molar-refractivity contribution in [3.8, 4) is 11.8 Å². The zero-order chi connectivity index (χ0) is 14.3. The van der Waals surface area contributed by atoms with Crippen molar-refractivity contribution in [1.82, 2.24) is 9.44 Å². The van der Waals surface area contributed by atoms with Gasteiger partial charge in [0.25, 0.3) is 10.2 Å². The fourth-order valence-electron chi connectivity index (χ4n) is 1.54. The molecule has 0 saturated heterocycles. The van der Waals surface area contributed by atoms with Crippen LogP contribution in [0.25, 0.3) is 0 Å². The molecule has 1 atom stereocenters. The fraction of sp³-hybridized carbons (Fsp3) is 0.385. The van der Waals surface area contributed by atoms with Crippen molar-refractivity contribution in [3.63, 3.8) is 0 Å². The topological polar surface area (TPSA) is 84.2 Å². The van der Waals surface area contributed by atoms with Gasteiger partial charge in [0.1, 0.15) is 0 Å². The van der Waals surface area contributed by atoms with Crippen LogP contribution in [0.2, 0.25) is 0 Å². The highest BCUT2D eigenvalue weighted by atomic mass is 32.2. The summed E-state index contributed by atoms with van der Waals surface area (Å²) >= 11 is 0. The third kappa shape index (κ3) is 5.41. The van der Waals surface area contributed by atoms with E-state index in [4.69, 9.17) is 5.73 Å². The monoisotopic (exact) mass is 281 g/mol. The van der Waals surface area contributed by atoms with Gasteiger partial charge in [-0.05, 0) is 24.6 Å². The number of benzene rings is 1. The first-order valence-electron chi connectivity index (χ1n) is 6.04. The van der Waals surface area contributed by atoms with E-state index in [0.717, 1.165) is 11.1 Å². The minimum Gasteiger partial charge on any atom is -0.320 e. The van der Waals surface area contributed by atoms with Crippen molar-refractivity contribution in [2.24, 2.45) is 5.73 Å². The molecule has 0 aliphatic heterocycles. The third-order valence-corrected chi connectivity index (χ3v) is 3.74. The highest BCUT2D eigenvalue weighted by Crippen LogP contribution is 2.13. The Labute approximate surface area is 114 Å². The maximum atomic E-state index is 11.6. The second kappa shape index (κ2) is 7.26. The van der Waals surface area contributed by atoms with Crippen LogP contribution in [-0.2, 0) is 10.2 Å². The van der Waals surface area contributed by atoms with E-state index in [0.29, 0.717) is 13.1 Å². The number of rotatable bonds is 5. The molecule has 0 aliphatic rings. The fourth-order valence-corrected chi connectivity index (χ4v) is 2.61. The van der Waals surface area contributed by atoms with Crippen LogP contribution >= 0.6 is 0 Å². The van der Waals surface area contributed by atoms with Gasteiger partial charge in [0.2, 0.25) is 0 Å². The molecule has 0 amide bonds. The van der Waals surface area contributed by atoms with E-state index < -0.39 is 10.2 Å². The SMILES string of the molecule is CCNS(=O)(=O)NC(C)c1ccc(C#CCN)cc1. The van der Waals surface area contributed by atoms with Crippen LogP contribution in [0.4, 0.5) is 0 Å². The maximum Gasteiger partial charge on any atom is 0.277 e. The first kappa shape index (κ1) is 15.7. The Bertz CT molecular complexity index is 556. The van der Waals surface area contributed by atoms with Gasteiger partial charge < -0.3 is 5.73 Å². The normalized spacial score (nSPS) is 12.6. The molecule has 0 aliphatic carbocycles. The Morgan fingerprint density at radius 2 is 1.95 bits per heavy atom. The minimum atomic E-state index is -3.45. The summed E-state index contributed by atoms with van der Waals surface area (Å²) in [6.45, 7) is 4.20. The summed E-state index contributed by atoms with van der Waals surface area (Å²) in [4.78, 5) is 0. The Morgan fingerprint density at radius 1 is 1.32 bits per heavy atom. The van der Waals surface area contributed by atoms with Gasteiger partial charge >= 0.3 is 0 Å². The van der Waals surface area contributed by atoms with Crippen molar-refractivity contribution >= 4 is 10.2 Å². The smallest absolute Gasteiger partial charge is 0.277 e. The summed E-state index contributed by atoms with van der Waals surface area (Å²) < 4.78 is 28.1. The average molecular weight is 281 g/mol. The molecular weight excluding hydrogens is 262 g/mol. The van der Waals surface area contributed by atoms with Crippen molar-refractivity contribution < 1.29 is 8.42 Å². The summed E-state index contributed by atoms with van der Waals surface area (Å²) in [5, 5.41) is 0. The van der Waals surface area contributed by atoms with E-state index in [1.165, 1.54) is 0 Å². The van der Waals surface area contributed by atoms with E-state index >= 15 is 0 Å². The Balaban J connectivity index is 2.75. The predicted octanol–water partition coefficient (Wildman–Crippen LogP) is 0.502. The van der Waals surface area contributed by atoms with Crippen LogP contribution in [0.5, 0.6) is 0 Å². The number of hydrogen-bond acceptors (Lipinski definition) is 3. The molecule has 0 heterocycles. The molecule has 1 rings (SSSR count). The van der Waals surface area contributed by atoms with E-state index in [1.807, 2.05) is 24.3 Å². The largest absolute Gasteiger partial charge is 0.320 e. The highest BCUT2D eigenvalue weighted by molar-refractivity contribution is 7.87. The Morgan fingerprint density at radius 3 is 2.47 bits per heavy atom. The van der Waals surface area contributed by atoms with E-state index in [9.17, 15) is 8.42 Å². The number of hydrogen-bond donors (Lipinski definition) is 3. The van der Waals surface area contributed by atoms with Crippen LogP contribution in [0.1, 0.15) is 31.0 Å². The Kier molecular flexibility index (Phi) is 5.99. The van der Waals surface area contributed by atoms with Crippen molar-refractivity contribution in [2.75, 3.05) is 13.1 Å². The summed E-state index contributed by atoms with van der Waals surface area (Å²) in [6.07, 6.45) is 0. The van der Waals surface area contributed by atoms with Crippen molar-refractivity contribution in [2.45, 2.75) is 19.9 Å². The molecule has 6 heteroatoms. The molecule has 1 aromatic carbocycles. The van der Waals surface area contributed by atoms with E-state index in [-0.39, 0.29) is 6.04 Å². The molecule has 1 aromatic rings. The minimum absolute atomic E-state index is 0.305. The lowest BCUT2D eigenvalue weighted by Gasteiger charge is -2.14. The molecule has 0 radical (unpaired) electrons.